The molecule has 1 saturated carbocycles. The van der Waals surface area contributed by atoms with Gasteiger partial charge in [-0.25, -0.2) is 0 Å². The lowest BCUT2D eigenvalue weighted by Crippen LogP contribution is -2.42. The van der Waals surface area contributed by atoms with Crippen LogP contribution in [0.2, 0.25) is 0 Å². The molecular formula is C16H26N4S. The molecule has 0 aromatic carbocycles. The second-order valence-electron chi connectivity index (χ2n) is 5.34. The number of aliphatic imine (C=N–C) groups is 1. The van der Waals surface area contributed by atoms with Crippen molar-refractivity contribution in [2.24, 2.45) is 4.99 Å². The smallest absolute Gasteiger partial charge is 0.191 e. The molecule has 2 atom stereocenters. The second kappa shape index (κ2) is 8.93. The van der Waals surface area contributed by atoms with Gasteiger partial charge in [0.1, 0.15) is 0 Å². The SMILES string of the molecule is CCNC(=NCCc1ccccn1)NC1CCC(SC)C1. The lowest BCUT2D eigenvalue weighted by atomic mass is 10.2. The van der Waals surface area contributed by atoms with Crippen LogP contribution in [0.15, 0.2) is 29.4 Å². The highest BCUT2D eigenvalue weighted by molar-refractivity contribution is 7.99. The van der Waals surface area contributed by atoms with Crippen molar-refractivity contribution in [3.63, 3.8) is 0 Å². The van der Waals surface area contributed by atoms with Gasteiger partial charge < -0.3 is 10.6 Å². The summed E-state index contributed by atoms with van der Waals surface area (Å²) in [5.74, 6) is 0.945. The zero-order chi connectivity index (χ0) is 14.9. The van der Waals surface area contributed by atoms with Gasteiger partial charge in [0.15, 0.2) is 5.96 Å². The van der Waals surface area contributed by atoms with Gasteiger partial charge in [-0.15, -0.1) is 0 Å². The van der Waals surface area contributed by atoms with Gasteiger partial charge in [0.2, 0.25) is 0 Å². The van der Waals surface area contributed by atoms with Crippen LogP contribution in [0.4, 0.5) is 0 Å². The normalized spacial score (nSPS) is 22.3. The molecule has 116 valence electrons. The van der Waals surface area contributed by atoms with E-state index in [9.17, 15) is 0 Å². The Hall–Kier alpha value is -1.23. The predicted molar refractivity (Wildman–Crippen MR) is 92.0 cm³/mol. The highest BCUT2D eigenvalue weighted by atomic mass is 32.2. The molecule has 0 saturated heterocycles. The molecule has 1 aliphatic carbocycles. The number of nitrogens with one attached hydrogen (secondary N) is 2. The maximum atomic E-state index is 4.67. The maximum Gasteiger partial charge on any atom is 0.191 e. The summed E-state index contributed by atoms with van der Waals surface area (Å²) in [6.45, 7) is 3.77. The Morgan fingerprint density at radius 1 is 1.43 bits per heavy atom. The average molecular weight is 306 g/mol. The van der Waals surface area contributed by atoms with Crippen LogP contribution in [0.25, 0.3) is 0 Å². The third kappa shape index (κ3) is 5.58. The van der Waals surface area contributed by atoms with Gasteiger partial charge in [0.25, 0.3) is 0 Å². The summed E-state index contributed by atoms with van der Waals surface area (Å²) in [7, 11) is 0. The van der Waals surface area contributed by atoms with Crippen molar-refractivity contribution in [3.8, 4) is 0 Å². The zero-order valence-electron chi connectivity index (χ0n) is 13.0. The molecule has 1 aromatic rings. The van der Waals surface area contributed by atoms with Gasteiger partial charge in [-0.1, -0.05) is 6.07 Å². The van der Waals surface area contributed by atoms with Crippen molar-refractivity contribution >= 4 is 17.7 Å². The molecule has 2 N–H and O–H groups in total. The summed E-state index contributed by atoms with van der Waals surface area (Å²) in [5, 5.41) is 7.72. The summed E-state index contributed by atoms with van der Waals surface area (Å²) < 4.78 is 0. The van der Waals surface area contributed by atoms with Gasteiger partial charge in [-0.05, 0) is 44.6 Å². The zero-order valence-corrected chi connectivity index (χ0v) is 13.8. The molecule has 2 rings (SSSR count). The third-order valence-electron chi connectivity index (χ3n) is 3.77. The van der Waals surface area contributed by atoms with E-state index in [1.54, 1.807) is 0 Å². The fourth-order valence-electron chi connectivity index (χ4n) is 2.63. The van der Waals surface area contributed by atoms with Crippen LogP contribution in [-0.4, -0.2) is 41.6 Å². The van der Waals surface area contributed by atoms with E-state index in [-0.39, 0.29) is 0 Å². The van der Waals surface area contributed by atoms with Gasteiger partial charge in [-0.2, -0.15) is 11.8 Å². The maximum absolute atomic E-state index is 4.67. The van der Waals surface area contributed by atoms with Crippen LogP contribution in [0.5, 0.6) is 0 Å². The monoisotopic (exact) mass is 306 g/mol. The molecule has 1 aromatic heterocycles. The highest BCUT2D eigenvalue weighted by Gasteiger charge is 2.24. The quantitative estimate of drug-likeness (QED) is 0.626. The number of rotatable bonds is 6. The molecule has 0 amide bonds. The Bertz CT molecular complexity index is 435. The van der Waals surface area contributed by atoms with E-state index in [2.05, 4.69) is 39.9 Å². The number of nitrogens with zero attached hydrogens (tertiary/aromatic N) is 2. The average Bonchev–Trinajstić information content (AvgIpc) is 2.96. The largest absolute Gasteiger partial charge is 0.357 e. The van der Waals surface area contributed by atoms with Crippen LogP contribution >= 0.6 is 11.8 Å². The minimum absolute atomic E-state index is 0.565. The first-order valence-electron chi connectivity index (χ1n) is 7.79. The molecule has 0 radical (unpaired) electrons. The Labute approximate surface area is 132 Å². The molecule has 2 unspecified atom stereocenters. The minimum atomic E-state index is 0.565. The minimum Gasteiger partial charge on any atom is -0.357 e. The number of hydrogen-bond donors (Lipinski definition) is 2. The van der Waals surface area contributed by atoms with E-state index >= 15 is 0 Å². The number of aromatic nitrogens is 1. The number of pyridine rings is 1. The Morgan fingerprint density at radius 3 is 3.00 bits per heavy atom. The lowest BCUT2D eigenvalue weighted by Gasteiger charge is -2.17. The van der Waals surface area contributed by atoms with E-state index < -0.39 is 0 Å². The highest BCUT2D eigenvalue weighted by Crippen LogP contribution is 2.27. The van der Waals surface area contributed by atoms with E-state index in [1.807, 2.05) is 30.1 Å². The van der Waals surface area contributed by atoms with Gasteiger partial charge in [-0.3, -0.25) is 9.98 Å². The standard InChI is InChI=1S/C16H26N4S/c1-3-17-16(20-14-7-8-15(12-14)21-2)19-11-9-13-6-4-5-10-18-13/h4-6,10,14-15H,3,7-9,11-12H2,1-2H3,(H2,17,19,20). The fourth-order valence-corrected chi connectivity index (χ4v) is 3.42. The topological polar surface area (TPSA) is 49.3 Å². The van der Waals surface area contributed by atoms with Crippen LogP contribution in [0.3, 0.4) is 0 Å². The first kappa shape index (κ1) is 16.1. The van der Waals surface area contributed by atoms with Crippen molar-refractivity contribution in [1.82, 2.24) is 15.6 Å². The lowest BCUT2D eigenvalue weighted by molar-refractivity contribution is 0.615. The fraction of sp³-hybridized carbons (Fsp3) is 0.625. The Balaban J connectivity index is 1.81. The van der Waals surface area contributed by atoms with Gasteiger partial charge >= 0.3 is 0 Å². The van der Waals surface area contributed by atoms with Crippen molar-refractivity contribution in [2.45, 2.75) is 43.9 Å². The summed E-state index contributed by atoms with van der Waals surface area (Å²) >= 11 is 1.98. The second-order valence-corrected chi connectivity index (χ2v) is 6.48. The molecule has 1 aliphatic rings. The molecule has 5 heteroatoms. The first-order valence-corrected chi connectivity index (χ1v) is 9.08. The van der Waals surface area contributed by atoms with Crippen LogP contribution in [0.1, 0.15) is 31.9 Å². The van der Waals surface area contributed by atoms with Gasteiger partial charge in [0.05, 0.1) is 0 Å². The molecule has 0 bridgehead atoms. The predicted octanol–water partition coefficient (Wildman–Crippen LogP) is 2.46. The molecule has 1 heterocycles. The summed E-state index contributed by atoms with van der Waals surface area (Å²) in [6, 6.07) is 6.59. The number of hydrogen-bond acceptors (Lipinski definition) is 3. The van der Waals surface area contributed by atoms with Crippen LogP contribution < -0.4 is 10.6 Å². The van der Waals surface area contributed by atoms with Crippen LogP contribution in [-0.2, 0) is 6.42 Å². The van der Waals surface area contributed by atoms with Crippen LogP contribution in [0, 0.1) is 0 Å². The van der Waals surface area contributed by atoms with Crippen molar-refractivity contribution in [2.75, 3.05) is 19.3 Å². The first-order chi connectivity index (χ1) is 10.3. The molecule has 21 heavy (non-hydrogen) atoms. The van der Waals surface area contributed by atoms with E-state index in [4.69, 9.17) is 0 Å². The molecule has 1 fully saturated rings. The van der Waals surface area contributed by atoms with Crippen molar-refractivity contribution < 1.29 is 0 Å². The molecule has 0 aliphatic heterocycles. The summed E-state index contributed by atoms with van der Waals surface area (Å²) in [6.07, 6.45) is 8.73. The van der Waals surface area contributed by atoms with E-state index in [0.717, 1.165) is 36.4 Å². The van der Waals surface area contributed by atoms with Crippen molar-refractivity contribution in [3.05, 3.63) is 30.1 Å². The molecular weight excluding hydrogens is 280 g/mol. The van der Waals surface area contributed by atoms with Crippen molar-refractivity contribution in [1.29, 1.82) is 0 Å². The van der Waals surface area contributed by atoms with E-state index in [0.29, 0.717) is 6.04 Å². The third-order valence-corrected chi connectivity index (χ3v) is 4.86. The summed E-state index contributed by atoms with van der Waals surface area (Å²) in [4.78, 5) is 9.00. The number of thioether (sulfide) groups is 1. The summed E-state index contributed by atoms with van der Waals surface area (Å²) in [5.41, 5.74) is 1.10. The van der Waals surface area contributed by atoms with E-state index in [1.165, 1.54) is 19.3 Å². The Morgan fingerprint density at radius 2 is 2.33 bits per heavy atom. The number of guanidine groups is 1. The molecule has 4 nitrogen and oxygen atoms in total. The Kier molecular flexibility index (Phi) is 6.86. The molecule has 0 spiro atoms. The van der Waals surface area contributed by atoms with Gasteiger partial charge in [0, 0.05) is 42.7 Å².